The van der Waals surface area contributed by atoms with Crippen molar-refractivity contribution in [1.82, 2.24) is 0 Å². The van der Waals surface area contributed by atoms with Crippen molar-refractivity contribution in [2.75, 3.05) is 6.61 Å². The van der Waals surface area contributed by atoms with Crippen molar-refractivity contribution in [2.24, 2.45) is 0 Å². The summed E-state index contributed by atoms with van der Waals surface area (Å²) < 4.78 is 5.87. The molecular formula is C12H14BrClO2. The molecule has 0 radical (unpaired) electrons. The van der Waals surface area contributed by atoms with Crippen molar-refractivity contribution in [3.05, 3.63) is 33.8 Å². The summed E-state index contributed by atoms with van der Waals surface area (Å²) in [5.74, 6) is 0.280. The highest BCUT2D eigenvalue weighted by Crippen LogP contribution is 2.23. The lowest BCUT2D eigenvalue weighted by molar-refractivity contribution is -0.143. The maximum Gasteiger partial charge on any atom is 0.306 e. The summed E-state index contributed by atoms with van der Waals surface area (Å²) in [5, 5.41) is 0. The number of benzene rings is 1. The molecule has 0 N–H and O–H groups in total. The van der Waals surface area contributed by atoms with Gasteiger partial charge in [0.05, 0.1) is 6.61 Å². The molecule has 0 saturated heterocycles. The second kappa shape index (κ2) is 6.92. The quantitative estimate of drug-likeness (QED) is 0.613. The van der Waals surface area contributed by atoms with Gasteiger partial charge in [-0.05, 0) is 30.5 Å². The minimum Gasteiger partial charge on any atom is -0.466 e. The van der Waals surface area contributed by atoms with Crippen LogP contribution in [0.2, 0.25) is 0 Å². The molecule has 1 aromatic rings. The van der Waals surface area contributed by atoms with Gasteiger partial charge >= 0.3 is 5.97 Å². The Hall–Kier alpha value is -0.540. The molecule has 0 aliphatic rings. The van der Waals surface area contributed by atoms with Crippen molar-refractivity contribution in [3.63, 3.8) is 0 Å². The summed E-state index contributed by atoms with van der Waals surface area (Å²) in [6.45, 7) is 2.24. The number of ether oxygens (including phenoxy) is 1. The Labute approximate surface area is 109 Å². The Morgan fingerprint density at radius 2 is 2.25 bits per heavy atom. The molecule has 16 heavy (non-hydrogen) atoms. The van der Waals surface area contributed by atoms with Gasteiger partial charge in [0.2, 0.25) is 0 Å². The molecule has 2 nitrogen and oxygen atoms in total. The Bertz CT molecular complexity index is 366. The Morgan fingerprint density at radius 1 is 1.50 bits per heavy atom. The van der Waals surface area contributed by atoms with Crippen LogP contribution in [0.15, 0.2) is 22.7 Å². The van der Waals surface area contributed by atoms with Crippen LogP contribution in [0.5, 0.6) is 0 Å². The lowest BCUT2D eigenvalue weighted by Gasteiger charge is -2.08. The van der Waals surface area contributed by atoms with E-state index in [0.717, 1.165) is 15.6 Å². The van der Waals surface area contributed by atoms with Gasteiger partial charge in [0.15, 0.2) is 0 Å². The highest BCUT2D eigenvalue weighted by atomic mass is 79.9. The maximum absolute atomic E-state index is 11.2. The molecule has 0 amide bonds. The maximum atomic E-state index is 11.2. The van der Waals surface area contributed by atoms with Gasteiger partial charge in [-0.2, -0.15) is 0 Å². The monoisotopic (exact) mass is 304 g/mol. The lowest BCUT2D eigenvalue weighted by Crippen LogP contribution is -2.06. The van der Waals surface area contributed by atoms with Crippen LogP contribution in [0.25, 0.3) is 0 Å². The normalized spacial score (nSPS) is 10.2. The molecule has 0 aliphatic carbocycles. The highest BCUT2D eigenvalue weighted by molar-refractivity contribution is 9.10. The van der Waals surface area contributed by atoms with Crippen molar-refractivity contribution in [3.8, 4) is 0 Å². The van der Waals surface area contributed by atoms with Gasteiger partial charge in [-0.3, -0.25) is 4.79 Å². The van der Waals surface area contributed by atoms with Crippen molar-refractivity contribution >= 4 is 33.5 Å². The zero-order valence-electron chi connectivity index (χ0n) is 9.13. The van der Waals surface area contributed by atoms with Gasteiger partial charge < -0.3 is 4.74 Å². The van der Waals surface area contributed by atoms with E-state index in [4.69, 9.17) is 16.3 Å². The predicted octanol–water partition coefficient (Wildman–Crippen LogP) is 3.68. The standard InChI is InChI=1S/C12H14BrClO2/c1-2-16-12(15)7-6-9-4-3-5-11(13)10(9)8-14/h3-5H,2,6-8H2,1H3. The summed E-state index contributed by atoms with van der Waals surface area (Å²) >= 11 is 9.31. The molecule has 0 fully saturated rings. The van der Waals surface area contributed by atoms with Crippen LogP contribution >= 0.6 is 27.5 Å². The Balaban J connectivity index is 2.66. The molecule has 0 atom stereocenters. The molecule has 0 heterocycles. The molecule has 0 spiro atoms. The molecule has 88 valence electrons. The fourth-order valence-electron chi connectivity index (χ4n) is 1.46. The number of aryl methyl sites for hydroxylation is 1. The summed E-state index contributed by atoms with van der Waals surface area (Å²) in [6.07, 6.45) is 1.06. The van der Waals surface area contributed by atoms with E-state index in [9.17, 15) is 4.79 Å². The molecule has 0 saturated carbocycles. The third-order valence-corrected chi connectivity index (χ3v) is 3.26. The third kappa shape index (κ3) is 3.80. The molecule has 0 unspecified atom stereocenters. The summed E-state index contributed by atoms with van der Waals surface area (Å²) in [6, 6.07) is 5.88. The second-order valence-electron chi connectivity index (χ2n) is 3.32. The Morgan fingerprint density at radius 3 is 2.88 bits per heavy atom. The first kappa shape index (κ1) is 13.5. The molecule has 0 aromatic heterocycles. The smallest absolute Gasteiger partial charge is 0.306 e. The predicted molar refractivity (Wildman–Crippen MR) is 68.7 cm³/mol. The largest absolute Gasteiger partial charge is 0.466 e. The fourth-order valence-corrected chi connectivity index (χ4v) is 2.48. The average Bonchev–Trinajstić information content (AvgIpc) is 2.27. The van der Waals surface area contributed by atoms with E-state index >= 15 is 0 Å². The average molecular weight is 306 g/mol. The molecule has 1 aromatic carbocycles. The minimum atomic E-state index is -0.164. The van der Waals surface area contributed by atoms with Gasteiger partial charge in [-0.25, -0.2) is 0 Å². The number of carbonyl (C=O) groups excluding carboxylic acids is 1. The molecule has 1 rings (SSSR count). The van der Waals surface area contributed by atoms with Crippen LogP contribution in [-0.2, 0) is 21.8 Å². The highest BCUT2D eigenvalue weighted by Gasteiger charge is 2.08. The van der Waals surface area contributed by atoms with Crippen LogP contribution in [0.4, 0.5) is 0 Å². The summed E-state index contributed by atoms with van der Waals surface area (Å²) in [5.41, 5.74) is 2.14. The molecule has 0 bridgehead atoms. The minimum absolute atomic E-state index is 0.164. The number of alkyl halides is 1. The van der Waals surface area contributed by atoms with E-state index in [0.29, 0.717) is 25.3 Å². The van der Waals surface area contributed by atoms with Crippen molar-refractivity contribution < 1.29 is 9.53 Å². The number of rotatable bonds is 5. The van der Waals surface area contributed by atoms with E-state index in [2.05, 4.69) is 15.9 Å². The summed E-state index contributed by atoms with van der Waals surface area (Å²) in [4.78, 5) is 11.2. The first-order valence-electron chi connectivity index (χ1n) is 5.16. The van der Waals surface area contributed by atoms with Crippen LogP contribution in [0, 0.1) is 0 Å². The van der Waals surface area contributed by atoms with Gasteiger partial charge in [0, 0.05) is 16.8 Å². The van der Waals surface area contributed by atoms with Crippen LogP contribution in [-0.4, -0.2) is 12.6 Å². The number of esters is 1. The van der Waals surface area contributed by atoms with Crippen LogP contribution < -0.4 is 0 Å². The second-order valence-corrected chi connectivity index (χ2v) is 4.44. The van der Waals surface area contributed by atoms with E-state index in [1.807, 2.05) is 18.2 Å². The zero-order valence-corrected chi connectivity index (χ0v) is 11.5. The first-order chi connectivity index (χ1) is 7.69. The van der Waals surface area contributed by atoms with Gasteiger partial charge in [-0.15, -0.1) is 11.6 Å². The third-order valence-electron chi connectivity index (χ3n) is 2.25. The zero-order chi connectivity index (χ0) is 12.0. The van der Waals surface area contributed by atoms with E-state index < -0.39 is 0 Å². The van der Waals surface area contributed by atoms with E-state index in [1.54, 1.807) is 6.92 Å². The van der Waals surface area contributed by atoms with E-state index in [1.165, 1.54) is 0 Å². The van der Waals surface area contributed by atoms with Crippen molar-refractivity contribution in [2.45, 2.75) is 25.6 Å². The number of hydrogen-bond donors (Lipinski definition) is 0. The first-order valence-corrected chi connectivity index (χ1v) is 6.49. The van der Waals surface area contributed by atoms with Gasteiger partial charge in [-0.1, -0.05) is 28.1 Å². The van der Waals surface area contributed by atoms with Gasteiger partial charge in [0.1, 0.15) is 0 Å². The molecular weight excluding hydrogens is 291 g/mol. The number of halogens is 2. The molecule has 0 aliphatic heterocycles. The van der Waals surface area contributed by atoms with Crippen LogP contribution in [0.3, 0.4) is 0 Å². The SMILES string of the molecule is CCOC(=O)CCc1cccc(Br)c1CCl. The van der Waals surface area contributed by atoms with Crippen molar-refractivity contribution in [1.29, 1.82) is 0 Å². The fraction of sp³-hybridized carbons (Fsp3) is 0.417. The van der Waals surface area contributed by atoms with E-state index in [-0.39, 0.29) is 5.97 Å². The topological polar surface area (TPSA) is 26.3 Å². The number of hydrogen-bond acceptors (Lipinski definition) is 2. The number of carbonyl (C=O) groups is 1. The lowest BCUT2D eigenvalue weighted by atomic mass is 10.0. The molecule has 4 heteroatoms. The summed E-state index contributed by atoms with van der Waals surface area (Å²) in [7, 11) is 0. The van der Waals surface area contributed by atoms with Crippen LogP contribution in [0.1, 0.15) is 24.5 Å². The Kier molecular flexibility index (Phi) is 5.85. The van der Waals surface area contributed by atoms with Gasteiger partial charge in [0.25, 0.3) is 0 Å².